The highest BCUT2D eigenvalue weighted by molar-refractivity contribution is 7.89. The van der Waals surface area contributed by atoms with Crippen LogP contribution in [0.1, 0.15) is 30.4 Å². The van der Waals surface area contributed by atoms with E-state index in [0.29, 0.717) is 32.4 Å². The van der Waals surface area contributed by atoms with Gasteiger partial charge in [0.15, 0.2) is 0 Å². The molecule has 27 heavy (non-hydrogen) atoms. The third-order valence-electron chi connectivity index (χ3n) is 4.69. The van der Waals surface area contributed by atoms with E-state index in [0.717, 1.165) is 23.2 Å². The van der Waals surface area contributed by atoms with Crippen LogP contribution in [0.3, 0.4) is 0 Å². The normalized spacial score (nSPS) is 14.7. The molecule has 0 atom stereocenters. The van der Waals surface area contributed by atoms with Crippen LogP contribution in [0.5, 0.6) is 0 Å². The number of benzene rings is 2. The minimum Gasteiger partial charge on any atom is -0.312 e. The van der Waals surface area contributed by atoms with E-state index in [9.17, 15) is 17.6 Å². The molecule has 1 fully saturated rings. The molecule has 2 aromatic carbocycles. The predicted molar refractivity (Wildman–Crippen MR) is 103 cm³/mol. The van der Waals surface area contributed by atoms with Crippen molar-refractivity contribution in [1.29, 1.82) is 0 Å². The van der Waals surface area contributed by atoms with E-state index in [1.54, 1.807) is 29.2 Å². The van der Waals surface area contributed by atoms with Crippen molar-refractivity contribution in [3.63, 3.8) is 0 Å². The Labute approximate surface area is 159 Å². The molecule has 5 nitrogen and oxygen atoms in total. The second-order valence-electron chi connectivity index (χ2n) is 6.73. The average molecular weight is 390 g/mol. The van der Waals surface area contributed by atoms with Gasteiger partial charge in [-0.1, -0.05) is 12.1 Å². The molecule has 1 amide bonds. The number of halogens is 1. The zero-order chi connectivity index (χ0) is 19.4. The molecule has 0 bridgehead atoms. The fraction of sp³-hybridized carbons (Fsp3) is 0.350. The summed E-state index contributed by atoms with van der Waals surface area (Å²) in [7, 11) is -3.61. The van der Waals surface area contributed by atoms with Crippen molar-refractivity contribution in [2.45, 2.75) is 37.5 Å². The topological polar surface area (TPSA) is 66.5 Å². The minimum atomic E-state index is -3.61. The van der Waals surface area contributed by atoms with E-state index >= 15 is 0 Å². The average Bonchev–Trinajstić information content (AvgIpc) is 3.06. The Morgan fingerprint density at radius 3 is 2.52 bits per heavy atom. The molecule has 0 unspecified atom stereocenters. The van der Waals surface area contributed by atoms with Crippen molar-refractivity contribution in [1.82, 2.24) is 4.72 Å². The van der Waals surface area contributed by atoms with E-state index in [1.807, 2.05) is 6.92 Å². The number of carbonyl (C=O) groups excluding carboxylic acids is 1. The molecule has 0 aromatic heterocycles. The summed E-state index contributed by atoms with van der Waals surface area (Å²) in [4.78, 5) is 13.8. The summed E-state index contributed by atoms with van der Waals surface area (Å²) >= 11 is 0. The lowest BCUT2D eigenvalue weighted by Gasteiger charge is -2.19. The fourth-order valence-electron chi connectivity index (χ4n) is 3.23. The highest BCUT2D eigenvalue weighted by Gasteiger charge is 2.24. The van der Waals surface area contributed by atoms with Gasteiger partial charge in [-0.15, -0.1) is 0 Å². The highest BCUT2D eigenvalue weighted by Crippen LogP contribution is 2.27. The zero-order valence-corrected chi connectivity index (χ0v) is 16.1. The summed E-state index contributed by atoms with van der Waals surface area (Å²) in [6.45, 7) is 2.78. The van der Waals surface area contributed by atoms with Crippen LogP contribution in [0.15, 0.2) is 47.4 Å². The Kier molecular flexibility index (Phi) is 5.92. The molecule has 2 aromatic rings. The van der Waals surface area contributed by atoms with Crippen molar-refractivity contribution in [3.8, 4) is 0 Å². The Balaban J connectivity index is 1.60. The molecule has 0 saturated carbocycles. The van der Waals surface area contributed by atoms with Crippen LogP contribution in [0.4, 0.5) is 10.1 Å². The van der Waals surface area contributed by atoms with Gasteiger partial charge in [-0.05, 0) is 67.6 Å². The monoisotopic (exact) mass is 390 g/mol. The van der Waals surface area contributed by atoms with Crippen molar-refractivity contribution in [2.24, 2.45) is 0 Å². The number of anilines is 1. The van der Waals surface area contributed by atoms with Crippen LogP contribution in [0, 0.1) is 12.7 Å². The van der Waals surface area contributed by atoms with E-state index in [4.69, 9.17) is 0 Å². The molecule has 1 aliphatic rings. The first-order valence-corrected chi connectivity index (χ1v) is 10.5. The van der Waals surface area contributed by atoms with Gasteiger partial charge in [-0.25, -0.2) is 17.5 Å². The lowest BCUT2D eigenvalue weighted by Crippen LogP contribution is -2.26. The van der Waals surface area contributed by atoms with E-state index in [1.165, 1.54) is 18.2 Å². The lowest BCUT2D eigenvalue weighted by atomic mass is 10.1. The number of hydrogen-bond acceptors (Lipinski definition) is 3. The maximum atomic E-state index is 12.9. The van der Waals surface area contributed by atoms with Gasteiger partial charge in [0.25, 0.3) is 0 Å². The molecule has 7 heteroatoms. The molecule has 1 N–H and O–H groups in total. The fourth-order valence-corrected chi connectivity index (χ4v) is 4.39. The third-order valence-corrected chi connectivity index (χ3v) is 6.15. The van der Waals surface area contributed by atoms with Crippen LogP contribution in [0.2, 0.25) is 0 Å². The SMILES string of the molecule is Cc1cc(S(=O)(=O)NCCCc2ccc(F)cc2)ccc1N1CCCC1=O. The quantitative estimate of drug-likeness (QED) is 0.739. The summed E-state index contributed by atoms with van der Waals surface area (Å²) in [5, 5.41) is 0. The van der Waals surface area contributed by atoms with E-state index in [2.05, 4.69) is 4.72 Å². The molecule has 1 aliphatic heterocycles. The second kappa shape index (κ2) is 8.19. The number of hydrogen-bond donors (Lipinski definition) is 1. The van der Waals surface area contributed by atoms with Gasteiger partial charge in [0.1, 0.15) is 5.82 Å². The summed E-state index contributed by atoms with van der Waals surface area (Å²) in [5.41, 5.74) is 2.50. The first kappa shape index (κ1) is 19.5. The number of nitrogens with zero attached hydrogens (tertiary/aromatic N) is 1. The van der Waals surface area contributed by atoms with Gasteiger partial charge in [-0.3, -0.25) is 4.79 Å². The summed E-state index contributed by atoms with van der Waals surface area (Å²) in [6.07, 6.45) is 2.64. The number of amides is 1. The first-order valence-electron chi connectivity index (χ1n) is 9.02. The number of rotatable bonds is 7. The maximum Gasteiger partial charge on any atom is 0.240 e. The van der Waals surface area contributed by atoms with Crippen molar-refractivity contribution >= 4 is 21.6 Å². The molecule has 0 spiro atoms. The molecule has 1 saturated heterocycles. The highest BCUT2D eigenvalue weighted by atomic mass is 32.2. The van der Waals surface area contributed by atoms with Gasteiger partial charge >= 0.3 is 0 Å². The largest absolute Gasteiger partial charge is 0.312 e. The Hall–Kier alpha value is -2.25. The molecule has 1 heterocycles. The predicted octanol–water partition coefficient (Wildman–Crippen LogP) is 3.17. The molecule has 0 radical (unpaired) electrons. The van der Waals surface area contributed by atoms with Gasteiger partial charge < -0.3 is 4.90 Å². The number of carbonyl (C=O) groups is 1. The lowest BCUT2D eigenvalue weighted by molar-refractivity contribution is -0.117. The molecule has 3 rings (SSSR count). The Morgan fingerprint density at radius 2 is 1.89 bits per heavy atom. The summed E-state index contributed by atoms with van der Waals surface area (Å²) < 4.78 is 40.5. The van der Waals surface area contributed by atoms with E-state index in [-0.39, 0.29) is 16.6 Å². The van der Waals surface area contributed by atoms with Gasteiger partial charge in [0.2, 0.25) is 15.9 Å². The smallest absolute Gasteiger partial charge is 0.240 e. The van der Waals surface area contributed by atoms with Crippen LogP contribution < -0.4 is 9.62 Å². The van der Waals surface area contributed by atoms with Crippen LogP contribution >= 0.6 is 0 Å². The summed E-state index contributed by atoms with van der Waals surface area (Å²) in [6, 6.07) is 11.0. The van der Waals surface area contributed by atoms with Crippen LogP contribution in [0.25, 0.3) is 0 Å². The minimum absolute atomic E-state index is 0.0765. The standard InChI is InChI=1S/C20H23FN2O3S/c1-15-14-18(10-11-19(15)23-13-3-5-20(23)24)27(25,26)22-12-2-4-16-6-8-17(21)9-7-16/h6-11,14,22H,2-5,12-13H2,1H3. The van der Waals surface area contributed by atoms with E-state index < -0.39 is 10.0 Å². The number of aryl methyl sites for hydroxylation is 2. The summed E-state index contributed by atoms with van der Waals surface area (Å²) in [5.74, 6) is -0.207. The zero-order valence-electron chi connectivity index (χ0n) is 15.2. The molecule has 144 valence electrons. The Morgan fingerprint density at radius 1 is 1.15 bits per heavy atom. The van der Waals surface area contributed by atoms with Crippen LogP contribution in [-0.4, -0.2) is 27.4 Å². The van der Waals surface area contributed by atoms with Crippen molar-refractivity contribution in [2.75, 3.05) is 18.0 Å². The third kappa shape index (κ3) is 4.73. The first-order chi connectivity index (χ1) is 12.9. The maximum absolute atomic E-state index is 12.9. The second-order valence-corrected chi connectivity index (χ2v) is 8.49. The van der Waals surface area contributed by atoms with Crippen LogP contribution in [-0.2, 0) is 21.2 Å². The van der Waals surface area contributed by atoms with Crippen molar-refractivity contribution < 1.29 is 17.6 Å². The molecular weight excluding hydrogens is 367 g/mol. The van der Waals surface area contributed by atoms with Crippen molar-refractivity contribution in [3.05, 3.63) is 59.4 Å². The number of nitrogens with one attached hydrogen (secondary N) is 1. The number of sulfonamides is 1. The Bertz CT molecular complexity index is 927. The molecular formula is C20H23FN2O3S. The van der Waals surface area contributed by atoms with Gasteiger partial charge in [0.05, 0.1) is 4.90 Å². The van der Waals surface area contributed by atoms with Gasteiger partial charge in [0, 0.05) is 25.2 Å². The molecule has 0 aliphatic carbocycles. The van der Waals surface area contributed by atoms with Gasteiger partial charge in [-0.2, -0.15) is 0 Å².